The first-order valence-corrected chi connectivity index (χ1v) is 5.99. The normalized spacial score (nSPS) is 21.3. The van der Waals surface area contributed by atoms with Crippen molar-refractivity contribution in [1.82, 2.24) is 0 Å². The average molecular weight is 352 g/mol. The molecule has 18 heavy (non-hydrogen) atoms. The fourth-order valence-corrected chi connectivity index (χ4v) is 2.80. The Kier molecular flexibility index (Phi) is 3.92. The van der Waals surface area contributed by atoms with Crippen LogP contribution < -0.4 is 33.8 Å². The number of halogens is 1. The average Bonchev–Trinajstić information content (AvgIpc) is 2.64. The fourth-order valence-electron chi connectivity index (χ4n) is 2.80. The van der Waals surface area contributed by atoms with E-state index in [4.69, 9.17) is 0 Å². The van der Waals surface area contributed by atoms with Crippen LogP contribution in [0.2, 0.25) is 0 Å². The lowest BCUT2D eigenvalue weighted by atomic mass is 10.1. The van der Waals surface area contributed by atoms with Crippen molar-refractivity contribution in [3.63, 3.8) is 0 Å². The Morgan fingerprint density at radius 2 is 1.56 bits per heavy atom. The van der Waals surface area contributed by atoms with Crippen LogP contribution in [0.3, 0.4) is 0 Å². The summed E-state index contributed by atoms with van der Waals surface area (Å²) >= 11 is 0. The predicted molar refractivity (Wildman–Crippen MR) is 70.6 cm³/mol. The monoisotopic (exact) mass is 352 g/mol. The second-order valence-corrected chi connectivity index (χ2v) is 4.62. The van der Waals surface area contributed by atoms with Crippen molar-refractivity contribution in [3.05, 3.63) is 60.2 Å². The van der Waals surface area contributed by atoms with E-state index in [-0.39, 0.29) is 24.0 Å². The Hall–Kier alpha value is -1.07. The van der Waals surface area contributed by atoms with Crippen molar-refractivity contribution < 1.29 is 28.9 Å². The summed E-state index contributed by atoms with van der Waals surface area (Å²) in [4.78, 5) is 3.80. The number of nitrogens with zero attached hydrogens (tertiary/aromatic N) is 1. The zero-order chi connectivity index (χ0) is 11.8. The lowest BCUT2D eigenvalue weighted by molar-refractivity contribution is -0.838. The number of para-hydroxylation sites is 2. The van der Waals surface area contributed by atoms with Crippen LogP contribution in [-0.4, -0.2) is 14.1 Å². The number of nitrogens with one attached hydrogen (secondary N) is 1. The number of anilines is 1. The smallest absolute Gasteiger partial charge is 0.194 e. The zero-order valence-electron chi connectivity index (χ0n) is 10.6. The molecule has 1 aliphatic heterocycles. The molecule has 2 aromatic rings. The molecule has 0 fully saturated rings. The van der Waals surface area contributed by atoms with Gasteiger partial charge in [0.2, 0.25) is 0 Å². The van der Waals surface area contributed by atoms with Crippen LogP contribution in [-0.2, 0) is 0 Å². The van der Waals surface area contributed by atoms with Gasteiger partial charge >= 0.3 is 0 Å². The van der Waals surface area contributed by atoms with Crippen LogP contribution in [0.15, 0.2) is 54.6 Å². The summed E-state index contributed by atoms with van der Waals surface area (Å²) in [6.07, 6.45) is 0.383. The van der Waals surface area contributed by atoms with Gasteiger partial charge in [-0.15, -0.1) is 0 Å². The molecule has 0 bridgehead atoms. The van der Waals surface area contributed by atoms with Gasteiger partial charge in [0.25, 0.3) is 0 Å². The highest BCUT2D eigenvalue weighted by Crippen LogP contribution is 2.33. The van der Waals surface area contributed by atoms with Crippen LogP contribution in [0.5, 0.6) is 0 Å². The third kappa shape index (κ3) is 2.01. The molecule has 0 aliphatic carbocycles. The zero-order valence-corrected chi connectivity index (χ0v) is 12.8. The van der Waals surface area contributed by atoms with Crippen LogP contribution in [0.4, 0.5) is 11.4 Å². The molecule has 0 aromatic heterocycles. The van der Waals surface area contributed by atoms with Gasteiger partial charge in [-0.2, -0.15) is 0 Å². The molecular weight excluding hydrogens is 335 g/mol. The van der Waals surface area contributed by atoms with Crippen molar-refractivity contribution >= 4 is 11.4 Å². The van der Waals surface area contributed by atoms with Gasteiger partial charge in [-0.25, -0.2) is 0 Å². The third-order valence-corrected chi connectivity index (χ3v) is 3.62. The maximum absolute atomic E-state index is 2.36. The summed E-state index contributed by atoms with van der Waals surface area (Å²) in [5.41, 5.74) is 4.08. The summed E-state index contributed by atoms with van der Waals surface area (Å²) < 4.78 is 0. The second-order valence-electron chi connectivity index (χ2n) is 4.62. The topological polar surface area (TPSA) is 7.68 Å². The van der Waals surface area contributed by atoms with Crippen LogP contribution >= 0.6 is 0 Å². The standard InChI is InChI=1S/C15H16N2.HI/c1-16-13-10-6-7-11-14(13)17(2)15(16)12-8-4-3-5-9-12;/h3-11,15H,1-2H3;1H. The van der Waals surface area contributed by atoms with Crippen LogP contribution in [0, 0.1) is 0 Å². The number of quaternary nitrogens is 1. The van der Waals surface area contributed by atoms with Crippen molar-refractivity contribution in [2.75, 3.05) is 19.0 Å². The third-order valence-electron chi connectivity index (χ3n) is 3.62. The first-order chi connectivity index (χ1) is 8.29. The summed E-state index contributed by atoms with van der Waals surface area (Å²) in [7, 11) is 4.41. The molecule has 94 valence electrons. The summed E-state index contributed by atoms with van der Waals surface area (Å²) in [6, 6.07) is 19.3. The molecule has 2 aromatic carbocycles. The van der Waals surface area contributed by atoms with E-state index >= 15 is 0 Å². The van der Waals surface area contributed by atoms with Crippen molar-refractivity contribution in [2.45, 2.75) is 6.17 Å². The first kappa shape index (κ1) is 13.4. The highest BCUT2D eigenvalue weighted by molar-refractivity contribution is 5.65. The molecule has 0 radical (unpaired) electrons. The fraction of sp³-hybridized carbons (Fsp3) is 0.200. The van der Waals surface area contributed by atoms with Crippen molar-refractivity contribution in [2.24, 2.45) is 0 Å². The molecular formula is C15H17IN2. The SMILES string of the molecule is CN1c2ccccc2[NH+](C)C1c1ccccc1.[I-]. The lowest BCUT2D eigenvalue weighted by Gasteiger charge is -2.23. The van der Waals surface area contributed by atoms with Gasteiger partial charge in [-0.3, -0.25) is 4.90 Å². The molecule has 2 unspecified atom stereocenters. The largest absolute Gasteiger partial charge is 1.00 e. The molecule has 0 spiro atoms. The van der Waals surface area contributed by atoms with E-state index in [2.05, 4.69) is 73.6 Å². The summed E-state index contributed by atoms with van der Waals surface area (Å²) in [5, 5.41) is 0. The van der Waals surface area contributed by atoms with Crippen molar-refractivity contribution in [1.29, 1.82) is 0 Å². The Bertz CT molecular complexity index is 498. The van der Waals surface area contributed by atoms with E-state index in [9.17, 15) is 0 Å². The van der Waals surface area contributed by atoms with E-state index in [1.807, 2.05) is 0 Å². The summed E-state index contributed by atoms with van der Waals surface area (Å²) in [5.74, 6) is 0. The minimum absolute atomic E-state index is 0. The maximum Gasteiger partial charge on any atom is 0.194 e. The van der Waals surface area contributed by atoms with E-state index in [0.717, 1.165) is 0 Å². The number of rotatable bonds is 1. The molecule has 1 heterocycles. The van der Waals surface area contributed by atoms with E-state index < -0.39 is 0 Å². The quantitative estimate of drug-likeness (QED) is 0.647. The highest BCUT2D eigenvalue weighted by Gasteiger charge is 2.36. The lowest BCUT2D eigenvalue weighted by Crippen LogP contribution is -3.04. The molecule has 0 saturated heterocycles. The second kappa shape index (κ2) is 5.28. The molecule has 0 saturated carbocycles. The minimum atomic E-state index is 0. The maximum atomic E-state index is 2.36. The van der Waals surface area contributed by atoms with Gasteiger partial charge < -0.3 is 28.9 Å². The molecule has 3 heteroatoms. The molecule has 1 N–H and O–H groups in total. The molecule has 2 atom stereocenters. The Balaban J connectivity index is 0.00000120. The number of fused-ring (bicyclic) bond motifs is 1. The van der Waals surface area contributed by atoms with Gasteiger partial charge in [0.15, 0.2) is 11.9 Å². The van der Waals surface area contributed by atoms with Gasteiger partial charge in [-0.05, 0) is 6.07 Å². The molecule has 3 rings (SSSR count). The Morgan fingerprint density at radius 3 is 2.22 bits per heavy atom. The summed E-state index contributed by atoms with van der Waals surface area (Å²) in [6.45, 7) is 0. The van der Waals surface area contributed by atoms with Gasteiger partial charge in [0.1, 0.15) is 5.69 Å². The van der Waals surface area contributed by atoms with E-state index in [0.29, 0.717) is 6.17 Å². The van der Waals surface area contributed by atoms with Crippen LogP contribution in [0.1, 0.15) is 11.7 Å². The Labute approximate surface area is 125 Å². The number of benzene rings is 2. The van der Waals surface area contributed by atoms with Gasteiger partial charge in [-0.1, -0.05) is 42.5 Å². The molecule has 0 amide bonds. The Morgan fingerprint density at radius 1 is 0.944 bits per heavy atom. The highest BCUT2D eigenvalue weighted by atomic mass is 127. The first-order valence-electron chi connectivity index (χ1n) is 5.99. The van der Waals surface area contributed by atoms with E-state index in [1.165, 1.54) is 21.8 Å². The van der Waals surface area contributed by atoms with Crippen molar-refractivity contribution in [3.8, 4) is 0 Å². The van der Waals surface area contributed by atoms with E-state index in [1.54, 1.807) is 0 Å². The van der Waals surface area contributed by atoms with Gasteiger partial charge in [0.05, 0.1) is 7.05 Å². The minimum Gasteiger partial charge on any atom is -1.00 e. The molecule has 2 nitrogen and oxygen atoms in total. The number of hydrogen-bond acceptors (Lipinski definition) is 1. The molecule has 1 aliphatic rings. The predicted octanol–water partition coefficient (Wildman–Crippen LogP) is -1.01. The van der Waals surface area contributed by atoms with Gasteiger partial charge in [0, 0.05) is 18.7 Å². The number of hydrogen-bond donors (Lipinski definition) is 1. The van der Waals surface area contributed by atoms with Crippen LogP contribution in [0.25, 0.3) is 0 Å².